The van der Waals surface area contributed by atoms with Crippen molar-refractivity contribution in [2.45, 2.75) is 65.0 Å². The number of hydrogen-bond acceptors (Lipinski definition) is 3. The number of aliphatic carboxylic acids is 1. The zero-order valence-electron chi connectivity index (χ0n) is 11.7. The predicted octanol–water partition coefficient (Wildman–Crippen LogP) is 1.52. The standard InChI is InChI=1S/C13H26N2O3/c1-4-5-6-9-14-12(16)8-7-11(13(17)18)15-10(2)3/h10-11,15H,4-9H2,1-3H3,(H,14,16)(H,17,18)/t11-/m1/s1. The molecule has 5 heteroatoms. The van der Waals surface area contributed by atoms with E-state index in [2.05, 4.69) is 17.6 Å². The molecule has 0 aliphatic carbocycles. The summed E-state index contributed by atoms with van der Waals surface area (Å²) in [4.78, 5) is 22.4. The molecule has 0 aliphatic heterocycles. The maximum atomic E-state index is 11.5. The van der Waals surface area contributed by atoms with Crippen LogP contribution in [0.5, 0.6) is 0 Å². The van der Waals surface area contributed by atoms with Gasteiger partial charge in [-0.05, 0) is 12.8 Å². The van der Waals surface area contributed by atoms with E-state index in [0.717, 1.165) is 19.3 Å². The van der Waals surface area contributed by atoms with Gasteiger partial charge < -0.3 is 15.7 Å². The average Bonchev–Trinajstić information content (AvgIpc) is 2.29. The van der Waals surface area contributed by atoms with Crippen molar-refractivity contribution < 1.29 is 14.7 Å². The zero-order chi connectivity index (χ0) is 14.0. The Hall–Kier alpha value is -1.10. The molecule has 0 aliphatic rings. The first kappa shape index (κ1) is 16.9. The Kier molecular flexibility index (Phi) is 9.28. The Labute approximate surface area is 109 Å². The number of unbranched alkanes of at least 4 members (excludes halogenated alkanes) is 2. The van der Waals surface area contributed by atoms with Gasteiger partial charge in [-0.1, -0.05) is 33.6 Å². The Bertz CT molecular complexity index is 255. The molecule has 0 saturated heterocycles. The second kappa shape index (κ2) is 9.88. The lowest BCUT2D eigenvalue weighted by Crippen LogP contribution is -2.41. The van der Waals surface area contributed by atoms with E-state index < -0.39 is 12.0 Å². The summed E-state index contributed by atoms with van der Waals surface area (Å²) in [6.07, 6.45) is 3.78. The molecular formula is C13H26N2O3. The monoisotopic (exact) mass is 258 g/mol. The van der Waals surface area contributed by atoms with Crippen LogP contribution in [0.3, 0.4) is 0 Å². The van der Waals surface area contributed by atoms with E-state index in [1.165, 1.54) is 0 Å². The Balaban J connectivity index is 3.82. The molecule has 106 valence electrons. The summed E-state index contributed by atoms with van der Waals surface area (Å²) in [5, 5.41) is 14.7. The van der Waals surface area contributed by atoms with Crippen LogP contribution in [0, 0.1) is 0 Å². The zero-order valence-corrected chi connectivity index (χ0v) is 11.7. The molecule has 0 radical (unpaired) electrons. The van der Waals surface area contributed by atoms with Crippen LogP contribution in [-0.4, -0.2) is 35.6 Å². The lowest BCUT2D eigenvalue weighted by Gasteiger charge is -2.16. The van der Waals surface area contributed by atoms with Crippen LogP contribution in [-0.2, 0) is 9.59 Å². The first-order valence-electron chi connectivity index (χ1n) is 6.73. The minimum Gasteiger partial charge on any atom is -0.480 e. The molecule has 0 rings (SSSR count). The highest BCUT2D eigenvalue weighted by molar-refractivity contribution is 5.78. The normalized spacial score (nSPS) is 12.4. The van der Waals surface area contributed by atoms with Gasteiger partial charge in [0.1, 0.15) is 6.04 Å². The third kappa shape index (κ3) is 8.98. The van der Waals surface area contributed by atoms with Gasteiger partial charge in [0.15, 0.2) is 0 Å². The number of carboxylic acids is 1. The van der Waals surface area contributed by atoms with Gasteiger partial charge in [0.2, 0.25) is 5.91 Å². The molecule has 1 amide bonds. The maximum Gasteiger partial charge on any atom is 0.320 e. The molecule has 0 aromatic carbocycles. The summed E-state index contributed by atoms with van der Waals surface area (Å²) in [5.41, 5.74) is 0. The van der Waals surface area contributed by atoms with Gasteiger partial charge in [-0.15, -0.1) is 0 Å². The molecule has 3 N–H and O–H groups in total. The maximum absolute atomic E-state index is 11.5. The quantitative estimate of drug-likeness (QED) is 0.519. The van der Waals surface area contributed by atoms with Crippen molar-refractivity contribution >= 4 is 11.9 Å². The highest BCUT2D eigenvalue weighted by Gasteiger charge is 2.18. The van der Waals surface area contributed by atoms with Crippen LogP contribution in [0.1, 0.15) is 52.9 Å². The van der Waals surface area contributed by atoms with Crippen molar-refractivity contribution in [1.82, 2.24) is 10.6 Å². The largest absolute Gasteiger partial charge is 0.480 e. The molecule has 0 aromatic heterocycles. The topological polar surface area (TPSA) is 78.4 Å². The van der Waals surface area contributed by atoms with E-state index in [9.17, 15) is 9.59 Å². The van der Waals surface area contributed by atoms with Crippen molar-refractivity contribution in [3.8, 4) is 0 Å². The van der Waals surface area contributed by atoms with Crippen LogP contribution in [0.25, 0.3) is 0 Å². The van der Waals surface area contributed by atoms with E-state index in [1.54, 1.807) is 0 Å². The fraction of sp³-hybridized carbons (Fsp3) is 0.846. The number of carbonyl (C=O) groups excluding carboxylic acids is 1. The minimum atomic E-state index is -0.900. The minimum absolute atomic E-state index is 0.0668. The Morgan fingerprint density at radius 3 is 2.39 bits per heavy atom. The SMILES string of the molecule is CCCCCNC(=O)CC[C@@H](NC(C)C)C(=O)O. The first-order chi connectivity index (χ1) is 8.47. The second-order valence-corrected chi connectivity index (χ2v) is 4.81. The molecule has 0 spiro atoms. The number of carboxylic acid groups (broad SMARTS) is 1. The molecular weight excluding hydrogens is 232 g/mol. The number of rotatable bonds is 10. The van der Waals surface area contributed by atoms with Gasteiger partial charge >= 0.3 is 5.97 Å². The predicted molar refractivity (Wildman–Crippen MR) is 71.5 cm³/mol. The third-order valence-corrected chi connectivity index (χ3v) is 2.60. The molecule has 0 aromatic rings. The van der Waals surface area contributed by atoms with E-state index >= 15 is 0 Å². The van der Waals surface area contributed by atoms with E-state index in [-0.39, 0.29) is 18.4 Å². The van der Waals surface area contributed by atoms with Gasteiger partial charge in [0, 0.05) is 19.0 Å². The third-order valence-electron chi connectivity index (χ3n) is 2.60. The molecule has 5 nitrogen and oxygen atoms in total. The molecule has 0 unspecified atom stereocenters. The van der Waals surface area contributed by atoms with Crippen LogP contribution >= 0.6 is 0 Å². The fourth-order valence-electron chi connectivity index (χ4n) is 1.65. The van der Waals surface area contributed by atoms with Crippen molar-refractivity contribution in [2.75, 3.05) is 6.54 Å². The van der Waals surface area contributed by atoms with Gasteiger partial charge in [-0.3, -0.25) is 9.59 Å². The molecule has 0 bridgehead atoms. The van der Waals surface area contributed by atoms with E-state index in [4.69, 9.17) is 5.11 Å². The fourth-order valence-corrected chi connectivity index (χ4v) is 1.65. The van der Waals surface area contributed by atoms with Crippen LogP contribution in [0.4, 0.5) is 0 Å². The molecule has 1 atom stereocenters. The van der Waals surface area contributed by atoms with E-state index in [1.807, 2.05) is 13.8 Å². The van der Waals surface area contributed by atoms with Crippen LogP contribution in [0.15, 0.2) is 0 Å². The smallest absolute Gasteiger partial charge is 0.320 e. The molecule has 18 heavy (non-hydrogen) atoms. The lowest BCUT2D eigenvalue weighted by atomic mass is 10.1. The lowest BCUT2D eigenvalue weighted by molar-refractivity contribution is -0.140. The van der Waals surface area contributed by atoms with Gasteiger partial charge in [-0.2, -0.15) is 0 Å². The van der Waals surface area contributed by atoms with Crippen molar-refractivity contribution in [2.24, 2.45) is 0 Å². The molecule has 0 saturated carbocycles. The highest BCUT2D eigenvalue weighted by Crippen LogP contribution is 2.00. The van der Waals surface area contributed by atoms with Gasteiger partial charge in [0.05, 0.1) is 0 Å². The number of amides is 1. The summed E-state index contributed by atoms with van der Waals surface area (Å²) < 4.78 is 0. The summed E-state index contributed by atoms with van der Waals surface area (Å²) in [6.45, 7) is 6.57. The first-order valence-corrected chi connectivity index (χ1v) is 6.73. The van der Waals surface area contributed by atoms with Crippen molar-refractivity contribution in [1.29, 1.82) is 0 Å². The molecule has 0 fully saturated rings. The summed E-state index contributed by atoms with van der Waals surface area (Å²) in [7, 11) is 0. The summed E-state index contributed by atoms with van der Waals surface area (Å²) in [5.74, 6) is -0.967. The van der Waals surface area contributed by atoms with Gasteiger partial charge in [-0.25, -0.2) is 0 Å². The number of carbonyl (C=O) groups is 2. The summed E-state index contributed by atoms with van der Waals surface area (Å²) in [6, 6.07) is -0.551. The van der Waals surface area contributed by atoms with Crippen LogP contribution in [0.2, 0.25) is 0 Å². The average molecular weight is 258 g/mol. The number of hydrogen-bond donors (Lipinski definition) is 3. The van der Waals surface area contributed by atoms with Crippen LogP contribution < -0.4 is 10.6 Å². The highest BCUT2D eigenvalue weighted by atomic mass is 16.4. The Morgan fingerprint density at radius 1 is 1.22 bits per heavy atom. The van der Waals surface area contributed by atoms with Crippen molar-refractivity contribution in [3.05, 3.63) is 0 Å². The van der Waals surface area contributed by atoms with Gasteiger partial charge in [0.25, 0.3) is 0 Å². The molecule has 0 heterocycles. The van der Waals surface area contributed by atoms with E-state index in [0.29, 0.717) is 13.0 Å². The second-order valence-electron chi connectivity index (χ2n) is 4.81. The van der Waals surface area contributed by atoms with Crippen molar-refractivity contribution in [3.63, 3.8) is 0 Å². The Morgan fingerprint density at radius 2 is 1.89 bits per heavy atom. The number of nitrogens with one attached hydrogen (secondary N) is 2. The summed E-state index contributed by atoms with van der Waals surface area (Å²) >= 11 is 0.